The third-order valence-corrected chi connectivity index (χ3v) is 6.25. The second-order valence-electron chi connectivity index (χ2n) is 7.87. The summed E-state index contributed by atoms with van der Waals surface area (Å²) < 4.78 is 29.8. The molecular formula is C26H23N5O4S. The van der Waals surface area contributed by atoms with Crippen LogP contribution in [0.2, 0.25) is 0 Å². The van der Waals surface area contributed by atoms with Gasteiger partial charge in [0.1, 0.15) is 11.6 Å². The van der Waals surface area contributed by atoms with Crippen molar-refractivity contribution in [3.63, 3.8) is 0 Å². The molecule has 36 heavy (non-hydrogen) atoms. The predicted molar refractivity (Wildman–Crippen MR) is 140 cm³/mol. The van der Waals surface area contributed by atoms with Gasteiger partial charge in [-0.15, -0.1) is 0 Å². The molecule has 0 bridgehead atoms. The van der Waals surface area contributed by atoms with Crippen LogP contribution in [-0.2, 0) is 10.0 Å². The summed E-state index contributed by atoms with van der Waals surface area (Å²) >= 11 is 0. The first-order chi connectivity index (χ1) is 17.1. The van der Waals surface area contributed by atoms with Gasteiger partial charge in [0.2, 0.25) is 10.0 Å². The molecule has 182 valence electrons. The maximum Gasteiger partial charge on any atom is 0.255 e. The standard InChI is InChI=1S/C26H23N5O4S/c27-19-12-13-23(35-20-5-3-4-18(14-20)25(28)29)22(15-19)31-26(32)17-10-8-16(9-11-17)21-6-1-2-7-24(21)36(30,33)34/h1-15H,27H2,(H3,28,29)(H,31,32)(H2,30,33,34). The lowest BCUT2D eigenvalue weighted by Gasteiger charge is -2.14. The van der Waals surface area contributed by atoms with Crippen LogP contribution in [0.5, 0.6) is 11.5 Å². The van der Waals surface area contributed by atoms with E-state index in [9.17, 15) is 13.2 Å². The zero-order valence-electron chi connectivity index (χ0n) is 18.9. The van der Waals surface area contributed by atoms with Crippen LogP contribution >= 0.6 is 0 Å². The van der Waals surface area contributed by atoms with Crippen molar-refractivity contribution < 1.29 is 17.9 Å². The highest BCUT2D eigenvalue weighted by Gasteiger charge is 2.16. The van der Waals surface area contributed by atoms with E-state index in [0.717, 1.165) is 0 Å². The van der Waals surface area contributed by atoms with Crippen molar-refractivity contribution in [3.8, 4) is 22.6 Å². The van der Waals surface area contributed by atoms with Crippen molar-refractivity contribution >= 4 is 33.1 Å². The van der Waals surface area contributed by atoms with E-state index in [2.05, 4.69) is 5.32 Å². The third kappa shape index (κ3) is 5.52. The molecule has 1 amide bonds. The summed E-state index contributed by atoms with van der Waals surface area (Å²) in [6, 6.07) is 24.3. The number of rotatable bonds is 7. The van der Waals surface area contributed by atoms with Gasteiger partial charge in [-0.25, -0.2) is 13.6 Å². The summed E-state index contributed by atoms with van der Waals surface area (Å²) in [6.45, 7) is 0. The van der Waals surface area contributed by atoms with Crippen molar-refractivity contribution in [1.82, 2.24) is 0 Å². The van der Waals surface area contributed by atoms with Gasteiger partial charge in [0.25, 0.3) is 5.91 Å². The van der Waals surface area contributed by atoms with Crippen LogP contribution in [0, 0.1) is 5.41 Å². The van der Waals surface area contributed by atoms with Gasteiger partial charge in [-0.1, -0.05) is 42.5 Å². The molecule has 0 atom stereocenters. The second kappa shape index (κ2) is 9.90. The molecule has 0 aliphatic heterocycles. The normalized spacial score (nSPS) is 11.0. The zero-order valence-corrected chi connectivity index (χ0v) is 19.8. The van der Waals surface area contributed by atoms with E-state index in [1.165, 1.54) is 6.07 Å². The molecule has 4 aromatic carbocycles. The van der Waals surface area contributed by atoms with Crippen LogP contribution in [0.3, 0.4) is 0 Å². The monoisotopic (exact) mass is 501 g/mol. The van der Waals surface area contributed by atoms with E-state index in [1.807, 2.05) is 0 Å². The minimum Gasteiger partial charge on any atom is -0.455 e. The third-order valence-electron chi connectivity index (χ3n) is 5.28. The summed E-state index contributed by atoms with van der Waals surface area (Å²) in [6.07, 6.45) is 0. The highest BCUT2D eigenvalue weighted by atomic mass is 32.2. The Hall–Kier alpha value is -4.67. The number of sulfonamides is 1. The average molecular weight is 502 g/mol. The van der Waals surface area contributed by atoms with Gasteiger partial charge in [0.15, 0.2) is 5.75 Å². The second-order valence-corrected chi connectivity index (χ2v) is 9.40. The number of carbonyl (C=O) groups excluding carboxylic acids is 1. The quantitative estimate of drug-likeness (QED) is 0.146. The topological polar surface area (TPSA) is 174 Å². The Balaban J connectivity index is 1.58. The van der Waals surface area contributed by atoms with Gasteiger partial charge in [0, 0.05) is 22.4 Å². The maximum atomic E-state index is 13.0. The Morgan fingerprint density at radius 2 is 1.58 bits per heavy atom. The number of amides is 1. The number of amidine groups is 1. The number of nitrogens with two attached hydrogens (primary N) is 3. The fraction of sp³-hybridized carbons (Fsp3) is 0. The number of hydrogen-bond acceptors (Lipinski definition) is 6. The number of primary sulfonamides is 1. The Labute approximate surface area is 208 Å². The molecule has 8 N–H and O–H groups in total. The van der Waals surface area contributed by atoms with E-state index in [-0.39, 0.29) is 10.7 Å². The maximum absolute atomic E-state index is 13.0. The van der Waals surface area contributed by atoms with E-state index >= 15 is 0 Å². The molecule has 0 saturated carbocycles. The van der Waals surface area contributed by atoms with E-state index in [4.69, 9.17) is 26.8 Å². The number of benzene rings is 4. The SMILES string of the molecule is N=C(N)c1cccc(Oc2ccc(N)cc2NC(=O)c2ccc(-c3ccccc3S(N)(=O)=O)cc2)c1. The summed E-state index contributed by atoms with van der Waals surface area (Å²) in [5, 5.41) is 15.7. The molecule has 0 unspecified atom stereocenters. The fourth-order valence-corrected chi connectivity index (χ4v) is 4.30. The average Bonchev–Trinajstić information content (AvgIpc) is 2.85. The van der Waals surface area contributed by atoms with E-state index in [1.54, 1.807) is 84.9 Å². The van der Waals surface area contributed by atoms with Crippen LogP contribution in [0.1, 0.15) is 15.9 Å². The van der Waals surface area contributed by atoms with Crippen molar-refractivity contribution in [2.45, 2.75) is 4.90 Å². The van der Waals surface area contributed by atoms with E-state index < -0.39 is 15.9 Å². The molecule has 4 rings (SSSR count). The Morgan fingerprint density at radius 1 is 0.861 bits per heavy atom. The number of hydrogen-bond donors (Lipinski definition) is 5. The summed E-state index contributed by atoms with van der Waals surface area (Å²) in [5.74, 6) is 0.258. The molecule has 0 fully saturated rings. The van der Waals surface area contributed by atoms with Crippen LogP contribution in [0.4, 0.5) is 11.4 Å². The van der Waals surface area contributed by atoms with Crippen molar-refractivity contribution in [3.05, 3.63) is 102 Å². The largest absolute Gasteiger partial charge is 0.455 e. The number of anilines is 2. The lowest BCUT2D eigenvalue weighted by molar-refractivity contribution is 0.102. The summed E-state index contributed by atoms with van der Waals surface area (Å²) in [5.41, 5.74) is 14.1. The Bertz CT molecular complexity index is 1570. The molecule has 10 heteroatoms. The van der Waals surface area contributed by atoms with Gasteiger partial charge < -0.3 is 21.5 Å². The first kappa shape index (κ1) is 24.5. The van der Waals surface area contributed by atoms with Crippen molar-refractivity contribution in [2.75, 3.05) is 11.1 Å². The number of ether oxygens (including phenoxy) is 1. The van der Waals surface area contributed by atoms with Crippen molar-refractivity contribution in [2.24, 2.45) is 10.9 Å². The minimum atomic E-state index is -3.91. The van der Waals surface area contributed by atoms with Crippen LogP contribution in [0.25, 0.3) is 11.1 Å². The van der Waals surface area contributed by atoms with Crippen molar-refractivity contribution in [1.29, 1.82) is 5.41 Å². The number of nitrogens with one attached hydrogen (secondary N) is 2. The molecule has 0 aliphatic rings. The van der Waals surface area contributed by atoms with E-state index in [0.29, 0.717) is 45.1 Å². The first-order valence-electron chi connectivity index (χ1n) is 10.7. The van der Waals surface area contributed by atoms with Gasteiger partial charge >= 0.3 is 0 Å². The molecule has 0 saturated heterocycles. The molecule has 0 aromatic heterocycles. The minimum absolute atomic E-state index is 0.00223. The van der Waals surface area contributed by atoms with Crippen LogP contribution in [-0.4, -0.2) is 20.2 Å². The highest BCUT2D eigenvalue weighted by molar-refractivity contribution is 7.89. The molecular weight excluding hydrogens is 478 g/mol. The first-order valence-corrected chi connectivity index (χ1v) is 12.2. The predicted octanol–water partition coefficient (Wildman–Crippen LogP) is 3.91. The molecule has 0 heterocycles. The Kier molecular flexibility index (Phi) is 6.73. The summed E-state index contributed by atoms with van der Waals surface area (Å²) in [4.78, 5) is 13.0. The molecule has 0 aliphatic carbocycles. The van der Waals surface area contributed by atoms with Crippen LogP contribution in [0.15, 0.2) is 95.9 Å². The lowest BCUT2D eigenvalue weighted by atomic mass is 10.0. The van der Waals surface area contributed by atoms with Gasteiger partial charge in [-0.2, -0.15) is 0 Å². The molecule has 0 spiro atoms. The highest BCUT2D eigenvalue weighted by Crippen LogP contribution is 2.32. The van der Waals surface area contributed by atoms with Gasteiger partial charge in [-0.3, -0.25) is 10.2 Å². The van der Waals surface area contributed by atoms with Crippen LogP contribution < -0.4 is 26.7 Å². The fourth-order valence-electron chi connectivity index (χ4n) is 3.54. The molecule has 0 radical (unpaired) electrons. The number of nitrogen functional groups attached to an aromatic ring is 2. The van der Waals surface area contributed by atoms with Gasteiger partial charge in [-0.05, 0) is 54.1 Å². The zero-order chi connectivity index (χ0) is 25.9. The smallest absolute Gasteiger partial charge is 0.255 e. The van der Waals surface area contributed by atoms with Gasteiger partial charge in [0.05, 0.1) is 10.6 Å². The molecule has 4 aromatic rings. The Morgan fingerprint density at radius 3 is 2.28 bits per heavy atom. The molecule has 9 nitrogen and oxygen atoms in total. The number of carbonyl (C=O) groups is 1. The lowest BCUT2D eigenvalue weighted by Crippen LogP contribution is -2.14. The summed E-state index contributed by atoms with van der Waals surface area (Å²) in [7, 11) is -3.91.